The molecule has 6 heteroatoms. The predicted molar refractivity (Wildman–Crippen MR) is 88.8 cm³/mol. The maximum Gasteiger partial charge on any atom is 0.257 e. The lowest BCUT2D eigenvalue weighted by atomic mass is 9.91. The molecule has 0 aliphatic heterocycles. The van der Waals surface area contributed by atoms with Crippen LogP contribution in [0, 0.1) is 0 Å². The van der Waals surface area contributed by atoms with Crippen LogP contribution in [-0.4, -0.2) is 22.7 Å². The Morgan fingerprint density at radius 1 is 1.23 bits per heavy atom. The van der Waals surface area contributed by atoms with Crippen LogP contribution in [0.5, 0.6) is 5.75 Å². The van der Waals surface area contributed by atoms with Gasteiger partial charge in [-0.1, -0.05) is 32.1 Å². The van der Waals surface area contributed by atoms with E-state index in [0.717, 1.165) is 17.2 Å². The van der Waals surface area contributed by atoms with Gasteiger partial charge in [-0.05, 0) is 37.6 Å². The maximum atomic E-state index is 12.2. The normalized spacial score (nSPS) is 11.3. The van der Waals surface area contributed by atoms with Crippen molar-refractivity contribution < 1.29 is 9.53 Å². The van der Waals surface area contributed by atoms with E-state index in [-0.39, 0.29) is 11.3 Å². The summed E-state index contributed by atoms with van der Waals surface area (Å²) in [6, 6.07) is 7.03. The number of nitrogens with zero attached hydrogens (tertiary/aromatic N) is 2. The summed E-state index contributed by atoms with van der Waals surface area (Å²) < 4.78 is 5.36. The second-order valence-corrected chi connectivity index (χ2v) is 6.54. The SMILES string of the molecule is CCOc1ccc(C(=O)Nc2nnc(C(C)(C)CC)s2)cc1. The number of carbonyl (C=O) groups is 1. The van der Waals surface area contributed by atoms with Crippen LogP contribution in [0.1, 0.15) is 49.5 Å². The van der Waals surface area contributed by atoms with E-state index in [1.54, 1.807) is 24.3 Å². The number of hydrogen-bond donors (Lipinski definition) is 1. The largest absolute Gasteiger partial charge is 0.494 e. The van der Waals surface area contributed by atoms with E-state index < -0.39 is 0 Å². The van der Waals surface area contributed by atoms with E-state index in [1.165, 1.54) is 11.3 Å². The van der Waals surface area contributed by atoms with Crippen LogP contribution in [0.3, 0.4) is 0 Å². The molecule has 0 saturated heterocycles. The molecule has 0 radical (unpaired) electrons. The number of hydrogen-bond acceptors (Lipinski definition) is 5. The molecule has 0 aliphatic rings. The molecule has 0 aliphatic carbocycles. The molecule has 0 fully saturated rings. The summed E-state index contributed by atoms with van der Waals surface area (Å²) in [4.78, 5) is 12.2. The quantitative estimate of drug-likeness (QED) is 0.877. The van der Waals surface area contributed by atoms with Crippen molar-refractivity contribution in [3.05, 3.63) is 34.8 Å². The molecule has 0 unspecified atom stereocenters. The van der Waals surface area contributed by atoms with E-state index in [9.17, 15) is 4.79 Å². The van der Waals surface area contributed by atoms with E-state index in [0.29, 0.717) is 17.3 Å². The number of amides is 1. The molecule has 0 bridgehead atoms. The first-order valence-electron chi connectivity index (χ1n) is 7.34. The van der Waals surface area contributed by atoms with Gasteiger partial charge in [-0.3, -0.25) is 10.1 Å². The Hall–Kier alpha value is -1.95. The lowest BCUT2D eigenvalue weighted by molar-refractivity contribution is 0.102. The Balaban J connectivity index is 2.06. The fourth-order valence-corrected chi connectivity index (χ4v) is 2.65. The summed E-state index contributed by atoms with van der Waals surface area (Å²) in [6.07, 6.45) is 0.967. The Labute approximate surface area is 134 Å². The van der Waals surface area contributed by atoms with Crippen molar-refractivity contribution in [3.8, 4) is 5.75 Å². The van der Waals surface area contributed by atoms with Gasteiger partial charge in [-0.15, -0.1) is 10.2 Å². The number of aromatic nitrogens is 2. The molecule has 2 rings (SSSR count). The maximum absolute atomic E-state index is 12.2. The minimum atomic E-state index is -0.194. The van der Waals surface area contributed by atoms with Crippen molar-refractivity contribution in [1.82, 2.24) is 10.2 Å². The van der Waals surface area contributed by atoms with Crippen LogP contribution >= 0.6 is 11.3 Å². The van der Waals surface area contributed by atoms with Crippen LogP contribution in [0.25, 0.3) is 0 Å². The van der Waals surface area contributed by atoms with Crippen LogP contribution in [0.4, 0.5) is 5.13 Å². The van der Waals surface area contributed by atoms with E-state index in [1.807, 2.05) is 6.92 Å². The van der Waals surface area contributed by atoms with E-state index in [4.69, 9.17) is 4.74 Å². The van der Waals surface area contributed by atoms with Gasteiger partial charge in [-0.2, -0.15) is 0 Å². The van der Waals surface area contributed by atoms with Gasteiger partial charge in [-0.25, -0.2) is 0 Å². The molecule has 2 aromatic rings. The van der Waals surface area contributed by atoms with Crippen molar-refractivity contribution in [2.45, 2.75) is 39.5 Å². The minimum absolute atomic E-state index is 0.0280. The van der Waals surface area contributed by atoms with Gasteiger partial charge in [0.2, 0.25) is 5.13 Å². The highest BCUT2D eigenvalue weighted by atomic mass is 32.1. The smallest absolute Gasteiger partial charge is 0.257 e. The fraction of sp³-hybridized carbons (Fsp3) is 0.438. The third-order valence-electron chi connectivity index (χ3n) is 3.54. The molecule has 22 heavy (non-hydrogen) atoms. The van der Waals surface area contributed by atoms with Crippen LogP contribution in [0.15, 0.2) is 24.3 Å². The first kappa shape index (κ1) is 16.4. The van der Waals surface area contributed by atoms with Gasteiger partial charge < -0.3 is 4.74 Å². The lowest BCUT2D eigenvalue weighted by Gasteiger charge is -2.17. The van der Waals surface area contributed by atoms with Gasteiger partial charge in [0.15, 0.2) is 0 Å². The summed E-state index contributed by atoms with van der Waals surface area (Å²) in [6.45, 7) is 8.87. The van der Waals surface area contributed by atoms with Gasteiger partial charge in [0.1, 0.15) is 10.8 Å². The molecule has 1 aromatic carbocycles. The van der Waals surface area contributed by atoms with Crippen molar-refractivity contribution in [1.29, 1.82) is 0 Å². The molecular weight excluding hydrogens is 298 g/mol. The molecule has 0 saturated carbocycles. The minimum Gasteiger partial charge on any atom is -0.494 e. The molecule has 1 aromatic heterocycles. The third kappa shape index (κ3) is 3.82. The highest BCUT2D eigenvalue weighted by molar-refractivity contribution is 7.15. The molecule has 5 nitrogen and oxygen atoms in total. The number of rotatable bonds is 6. The number of carbonyl (C=O) groups excluding carboxylic acids is 1. The monoisotopic (exact) mass is 319 g/mol. The Morgan fingerprint density at radius 3 is 2.50 bits per heavy atom. The zero-order valence-electron chi connectivity index (χ0n) is 13.3. The molecule has 0 spiro atoms. The summed E-state index contributed by atoms with van der Waals surface area (Å²) in [5, 5.41) is 12.5. The van der Waals surface area contributed by atoms with Gasteiger partial charge >= 0.3 is 0 Å². The first-order valence-corrected chi connectivity index (χ1v) is 8.16. The average Bonchev–Trinajstić information content (AvgIpc) is 2.97. The molecule has 1 heterocycles. The Bertz CT molecular complexity index is 635. The van der Waals surface area contributed by atoms with Crippen LogP contribution in [0.2, 0.25) is 0 Å². The van der Waals surface area contributed by atoms with Crippen LogP contribution in [-0.2, 0) is 5.41 Å². The standard InChI is InChI=1S/C16H21N3O2S/c1-5-16(3,4)14-18-19-15(22-14)17-13(20)11-7-9-12(10-8-11)21-6-2/h7-10H,5-6H2,1-4H3,(H,17,19,20). The molecule has 118 valence electrons. The summed E-state index contributed by atoms with van der Waals surface area (Å²) in [5.41, 5.74) is 0.537. The lowest BCUT2D eigenvalue weighted by Crippen LogP contribution is -2.14. The fourth-order valence-electron chi connectivity index (χ4n) is 1.74. The van der Waals surface area contributed by atoms with E-state index in [2.05, 4.69) is 36.3 Å². The highest BCUT2D eigenvalue weighted by Crippen LogP contribution is 2.31. The average molecular weight is 319 g/mol. The Morgan fingerprint density at radius 2 is 1.91 bits per heavy atom. The molecule has 0 atom stereocenters. The topological polar surface area (TPSA) is 64.1 Å². The first-order chi connectivity index (χ1) is 10.5. The molecule has 1 amide bonds. The highest BCUT2D eigenvalue weighted by Gasteiger charge is 2.23. The summed E-state index contributed by atoms with van der Waals surface area (Å²) in [5.74, 6) is 0.557. The molecular formula is C16H21N3O2S. The van der Waals surface area contributed by atoms with Crippen molar-refractivity contribution in [2.75, 3.05) is 11.9 Å². The molecule has 1 N–H and O–H groups in total. The summed E-state index contributed by atoms with van der Waals surface area (Å²) >= 11 is 1.42. The van der Waals surface area contributed by atoms with Crippen LogP contribution < -0.4 is 10.1 Å². The van der Waals surface area contributed by atoms with Gasteiger partial charge in [0.05, 0.1) is 6.61 Å². The number of ether oxygens (including phenoxy) is 1. The second-order valence-electron chi connectivity index (χ2n) is 5.56. The zero-order valence-corrected chi connectivity index (χ0v) is 14.2. The Kier molecular flexibility index (Phi) is 5.13. The third-order valence-corrected chi connectivity index (χ3v) is 4.74. The summed E-state index contributed by atoms with van der Waals surface area (Å²) in [7, 11) is 0. The van der Waals surface area contributed by atoms with Crippen molar-refractivity contribution in [2.24, 2.45) is 0 Å². The second kappa shape index (κ2) is 6.87. The van der Waals surface area contributed by atoms with E-state index >= 15 is 0 Å². The number of nitrogens with one attached hydrogen (secondary N) is 1. The van der Waals surface area contributed by atoms with Gasteiger partial charge in [0.25, 0.3) is 5.91 Å². The predicted octanol–water partition coefficient (Wildman–Crippen LogP) is 3.88. The van der Waals surface area contributed by atoms with Crippen molar-refractivity contribution in [3.63, 3.8) is 0 Å². The number of benzene rings is 1. The number of anilines is 1. The zero-order chi connectivity index (χ0) is 16.2. The van der Waals surface area contributed by atoms with Crippen molar-refractivity contribution >= 4 is 22.4 Å². The van der Waals surface area contributed by atoms with Gasteiger partial charge in [0, 0.05) is 11.0 Å².